The number of amides is 4. The zero-order chi connectivity index (χ0) is 24.4. The highest BCUT2D eigenvalue weighted by molar-refractivity contribution is 6.43. The molecule has 10 heteroatoms. The lowest BCUT2D eigenvalue weighted by atomic mass is 10.1. The van der Waals surface area contributed by atoms with Gasteiger partial charge in [0, 0.05) is 5.56 Å². The highest BCUT2D eigenvalue weighted by Crippen LogP contribution is 2.31. The third-order valence-corrected chi connectivity index (χ3v) is 5.91. The molecule has 0 radical (unpaired) electrons. The molecule has 0 aliphatic carbocycles. The van der Waals surface area contributed by atoms with Crippen LogP contribution in [0.2, 0.25) is 15.1 Å². The first-order valence-corrected chi connectivity index (χ1v) is 10.9. The Morgan fingerprint density at radius 3 is 2.38 bits per heavy atom. The fourth-order valence-electron chi connectivity index (χ4n) is 3.18. The molecule has 0 spiro atoms. The normalized spacial score (nSPS) is 15.0. The molecule has 4 rings (SSSR count). The van der Waals surface area contributed by atoms with E-state index in [1.54, 1.807) is 24.3 Å². The lowest BCUT2D eigenvalue weighted by molar-refractivity contribution is -0.122. The maximum Gasteiger partial charge on any atom is 0.335 e. The van der Waals surface area contributed by atoms with Gasteiger partial charge in [0.2, 0.25) is 0 Å². The van der Waals surface area contributed by atoms with Crippen molar-refractivity contribution in [3.8, 4) is 5.75 Å². The molecule has 0 atom stereocenters. The van der Waals surface area contributed by atoms with Gasteiger partial charge in [-0.15, -0.1) is 0 Å². The lowest BCUT2D eigenvalue weighted by Gasteiger charge is -2.26. The second-order valence-electron chi connectivity index (χ2n) is 7.13. The third kappa shape index (κ3) is 4.92. The van der Waals surface area contributed by atoms with E-state index in [1.807, 2.05) is 0 Å². The molecule has 6 nitrogen and oxygen atoms in total. The molecule has 1 N–H and O–H groups in total. The molecule has 1 aliphatic heterocycles. The molecule has 1 heterocycles. The van der Waals surface area contributed by atoms with E-state index < -0.39 is 23.7 Å². The summed E-state index contributed by atoms with van der Waals surface area (Å²) >= 11 is 18.2. The minimum atomic E-state index is -0.916. The summed E-state index contributed by atoms with van der Waals surface area (Å²) in [7, 11) is 0. The second-order valence-corrected chi connectivity index (χ2v) is 8.35. The molecule has 172 valence electrons. The van der Waals surface area contributed by atoms with Crippen molar-refractivity contribution >= 4 is 64.4 Å². The van der Waals surface area contributed by atoms with Gasteiger partial charge >= 0.3 is 6.03 Å². The molecule has 0 bridgehead atoms. The quantitative estimate of drug-likeness (QED) is 0.330. The van der Waals surface area contributed by atoms with E-state index in [1.165, 1.54) is 42.5 Å². The Kier molecular flexibility index (Phi) is 6.88. The molecule has 1 aliphatic rings. The minimum absolute atomic E-state index is 0.0333. The number of nitrogens with one attached hydrogen (secondary N) is 1. The van der Waals surface area contributed by atoms with Crippen LogP contribution < -0.4 is 15.0 Å². The van der Waals surface area contributed by atoms with Gasteiger partial charge in [-0.05, 0) is 48.0 Å². The molecular weight excluding hydrogens is 506 g/mol. The van der Waals surface area contributed by atoms with Crippen LogP contribution in [0, 0.1) is 5.82 Å². The number of hydrogen-bond donors (Lipinski definition) is 1. The molecule has 4 amide bonds. The summed E-state index contributed by atoms with van der Waals surface area (Å²) in [4.78, 5) is 38.5. The Bertz CT molecular complexity index is 1360. The van der Waals surface area contributed by atoms with Crippen molar-refractivity contribution in [1.29, 1.82) is 0 Å². The van der Waals surface area contributed by atoms with Crippen LogP contribution >= 0.6 is 34.8 Å². The van der Waals surface area contributed by atoms with Crippen LogP contribution in [-0.2, 0) is 16.2 Å². The summed E-state index contributed by atoms with van der Waals surface area (Å²) in [6.45, 7) is -0.0333. The van der Waals surface area contributed by atoms with E-state index in [2.05, 4.69) is 5.32 Å². The van der Waals surface area contributed by atoms with Crippen molar-refractivity contribution in [3.63, 3.8) is 0 Å². The average Bonchev–Trinajstić information content (AvgIpc) is 2.79. The van der Waals surface area contributed by atoms with Crippen LogP contribution in [0.25, 0.3) is 6.08 Å². The fourth-order valence-corrected chi connectivity index (χ4v) is 3.71. The number of rotatable bonds is 5. The van der Waals surface area contributed by atoms with Gasteiger partial charge in [0.15, 0.2) is 0 Å². The Balaban J connectivity index is 1.58. The highest BCUT2D eigenvalue weighted by Gasteiger charge is 2.37. The van der Waals surface area contributed by atoms with Crippen molar-refractivity contribution in [2.45, 2.75) is 6.61 Å². The van der Waals surface area contributed by atoms with Crippen molar-refractivity contribution < 1.29 is 23.5 Å². The molecule has 0 aromatic heterocycles. The maximum atomic E-state index is 13.8. The number of benzene rings is 3. The maximum absolute atomic E-state index is 13.8. The predicted octanol–water partition coefficient (Wildman–Crippen LogP) is 6.03. The van der Waals surface area contributed by atoms with Crippen molar-refractivity contribution in [2.75, 3.05) is 4.90 Å². The van der Waals surface area contributed by atoms with Gasteiger partial charge in [-0.3, -0.25) is 14.9 Å². The first-order chi connectivity index (χ1) is 16.2. The molecule has 0 unspecified atom stereocenters. The molecule has 3 aromatic rings. The van der Waals surface area contributed by atoms with E-state index in [0.29, 0.717) is 16.9 Å². The van der Waals surface area contributed by atoms with Crippen LogP contribution in [0.1, 0.15) is 11.1 Å². The van der Waals surface area contributed by atoms with E-state index >= 15 is 0 Å². The first-order valence-electron chi connectivity index (χ1n) is 9.77. The lowest BCUT2D eigenvalue weighted by Crippen LogP contribution is -2.54. The molecule has 3 aromatic carbocycles. The number of halogens is 4. The summed E-state index contributed by atoms with van der Waals surface area (Å²) in [5.41, 5.74) is 0.624. The molecule has 0 saturated carbocycles. The van der Waals surface area contributed by atoms with E-state index in [-0.39, 0.29) is 32.9 Å². The standard InChI is InChI=1S/C24H14Cl3FN2O4/c25-17-7-6-15(11-18(17)26)30-23(32)16(22(31)29-24(30)33)9-13-5-8-21(19(27)10-13)34-12-14-3-1-2-4-20(14)28/h1-11H,12H2,(H,29,31,33)/b16-9+. The number of anilines is 1. The topological polar surface area (TPSA) is 75.7 Å². The average molecular weight is 520 g/mol. The third-order valence-electron chi connectivity index (χ3n) is 4.87. The number of barbiturate groups is 1. The van der Waals surface area contributed by atoms with E-state index in [9.17, 15) is 18.8 Å². The SMILES string of the molecule is O=C1NC(=O)N(c2ccc(Cl)c(Cl)c2)C(=O)/C1=C/c1ccc(OCc2ccccc2F)c(Cl)c1. The van der Waals surface area contributed by atoms with Gasteiger partial charge in [0.25, 0.3) is 11.8 Å². The van der Waals surface area contributed by atoms with Crippen LogP contribution in [0.15, 0.2) is 66.2 Å². The fraction of sp³-hybridized carbons (Fsp3) is 0.0417. The second kappa shape index (κ2) is 9.85. The number of hydrogen-bond acceptors (Lipinski definition) is 4. The summed E-state index contributed by atoms with van der Waals surface area (Å²) in [5, 5.41) is 2.69. The van der Waals surface area contributed by atoms with Crippen molar-refractivity contribution in [2.24, 2.45) is 0 Å². The predicted molar refractivity (Wildman–Crippen MR) is 128 cm³/mol. The first kappa shape index (κ1) is 23.8. The highest BCUT2D eigenvalue weighted by atomic mass is 35.5. The number of imide groups is 2. The molecule has 1 saturated heterocycles. The number of carbonyl (C=O) groups excluding carboxylic acids is 3. The summed E-state index contributed by atoms with van der Waals surface area (Å²) in [5.74, 6) is -1.81. The van der Waals surface area contributed by atoms with Crippen LogP contribution in [0.4, 0.5) is 14.9 Å². The van der Waals surface area contributed by atoms with Gasteiger partial charge in [-0.25, -0.2) is 14.1 Å². The van der Waals surface area contributed by atoms with Crippen LogP contribution in [-0.4, -0.2) is 17.8 Å². The smallest absolute Gasteiger partial charge is 0.335 e. The molecule has 34 heavy (non-hydrogen) atoms. The largest absolute Gasteiger partial charge is 0.487 e. The van der Waals surface area contributed by atoms with Gasteiger partial charge in [-0.1, -0.05) is 59.1 Å². The number of urea groups is 1. The Hall–Kier alpha value is -3.39. The summed E-state index contributed by atoms with van der Waals surface area (Å²) in [6, 6.07) is 14.0. The molecular formula is C24H14Cl3FN2O4. The number of ether oxygens (including phenoxy) is 1. The zero-order valence-electron chi connectivity index (χ0n) is 17.2. The zero-order valence-corrected chi connectivity index (χ0v) is 19.4. The van der Waals surface area contributed by atoms with Gasteiger partial charge < -0.3 is 4.74 Å². The Morgan fingerprint density at radius 2 is 1.68 bits per heavy atom. The Labute approximate surface area is 208 Å². The van der Waals surface area contributed by atoms with Crippen molar-refractivity contribution in [1.82, 2.24) is 5.32 Å². The van der Waals surface area contributed by atoms with Gasteiger partial charge in [0.05, 0.1) is 20.8 Å². The van der Waals surface area contributed by atoms with Crippen molar-refractivity contribution in [3.05, 3.63) is 98.2 Å². The minimum Gasteiger partial charge on any atom is -0.487 e. The van der Waals surface area contributed by atoms with Crippen LogP contribution in [0.5, 0.6) is 5.75 Å². The van der Waals surface area contributed by atoms with Gasteiger partial charge in [-0.2, -0.15) is 0 Å². The van der Waals surface area contributed by atoms with E-state index in [0.717, 1.165) is 4.90 Å². The van der Waals surface area contributed by atoms with Gasteiger partial charge in [0.1, 0.15) is 23.7 Å². The summed E-state index contributed by atoms with van der Waals surface area (Å²) < 4.78 is 19.4. The summed E-state index contributed by atoms with van der Waals surface area (Å²) in [6.07, 6.45) is 1.29. The van der Waals surface area contributed by atoms with Crippen LogP contribution in [0.3, 0.4) is 0 Å². The number of nitrogens with zero attached hydrogens (tertiary/aromatic N) is 1. The monoisotopic (exact) mass is 518 g/mol. The number of carbonyl (C=O) groups is 3. The molecule has 1 fully saturated rings. The Morgan fingerprint density at radius 1 is 0.912 bits per heavy atom. The van der Waals surface area contributed by atoms with E-state index in [4.69, 9.17) is 39.5 Å².